The third-order valence-corrected chi connectivity index (χ3v) is 11.0. The van der Waals surface area contributed by atoms with E-state index in [4.69, 9.17) is 9.47 Å². The van der Waals surface area contributed by atoms with Gasteiger partial charge in [0.05, 0.1) is 0 Å². The number of hydrogen-bond acceptors (Lipinski definition) is 3. The van der Waals surface area contributed by atoms with Crippen LogP contribution in [0.4, 0.5) is 4.79 Å². The molecule has 48 heavy (non-hydrogen) atoms. The summed E-state index contributed by atoms with van der Waals surface area (Å²) in [4.78, 5) is 13.7. The summed E-state index contributed by atoms with van der Waals surface area (Å²) in [6, 6.07) is 13.0. The predicted octanol–water partition coefficient (Wildman–Crippen LogP) is 14.7. The maximum absolute atomic E-state index is 13.7. The van der Waals surface area contributed by atoms with Crippen molar-refractivity contribution < 1.29 is 14.3 Å². The first-order valence-corrected chi connectivity index (χ1v) is 19.7. The molecule has 0 aliphatic carbocycles. The summed E-state index contributed by atoms with van der Waals surface area (Å²) in [5.74, 6) is 1.24. The molecule has 2 aromatic carbocycles. The van der Waals surface area contributed by atoms with Gasteiger partial charge in [-0.2, -0.15) is 0 Å². The predicted molar refractivity (Wildman–Crippen MR) is 208 cm³/mol. The van der Waals surface area contributed by atoms with Gasteiger partial charge in [0.25, 0.3) is 0 Å². The van der Waals surface area contributed by atoms with Gasteiger partial charge in [-0.15, -0.1) is 0 Å². The molecule has 0 unspecified atom stereocenters. The minimum absolute atomic E-state index is 0.0484. The third-order valence-electron chi connectivity index (χ3n) is 11.0. The molecule has 0 spiro atoms. The first-order valence-electron chi connectivity index (χ1n) is 19.7. The molecule has 0 heterocycles. The van der Waals surface area contributed by atoms with Crippen molar-refractivity contribution in [2.75, 3.05) is 0 Å². The molecule has 0 amide bonds. The zero-order chi connectivity index (χ0) is 36.0. The summed E-state index contributed by atoms with van der Waals surface area (Å²) < 4.78 is 12.4. The van der Waals surface area contributed by atoms with Crippen LogP contribution in [-0.4, -0.2) is 6.16 Å². The van der Waals surface area contributed by atoms with Crippen LogP contribution in [0.3, 0.4) is 0 Å². The van der Waals surface area contributed by atoms with Gasteiger partial charge in [0, 0.05) is 11.1 Å². The van der Waals surface area contributed by atoms with Crippen LogP contribution in [0.1, 0.15) is 208 Å². The Hall–Kier alpha value is -2.29. The molecular weight excluding hydrogens is 588 g/mol. The molecule has 272 valence electrons. The number of hydrogen-bond donors (Lipinski definition) is 0. The molecule has 0 saturated heterocycles. The second-order valence-electron chi connectivity index (χ2n) is 17.2. The van der Waals surface area contributed by atoms with Crippen molar-refractivity contribution in [2.45, 2.75) is 207 Å². The average molecular weight is 663 g/mol. The second kappa shape index (κ2) is 19.2. The van der Waals surface area contributed by atoms with Crippen LogP contribution in [-0.2, 0) is 21.7 Å². The van der Waals surface area contributed by atoms with Gasteiger partial charge in [-0.25, -0.2) is 4.79 Å². The minimum Gasteiger partial charge on any atom is -0.394 e. The molecule has 0 bridgehead atoms. The van der Waals surface area contributed by atoms with E-state index in [9.17, 15) is 4.79 Å². The van der Waals surface area contributed by atoms with E-state index in [-0.39, 0.29) is 21.7 Å². The van der Waals surface area contributed by atoms with Gasteiger partial charge in [-0.05, 0) is 70.6 Å². The number of carbonyl (C=O) groups excluding carboxylic acids is 1. The fourth-order valence-electron chi connectivity index (χ4n) is 7.16. The maximum atomic E-state index is 13.7. The molecule has 2 rings (SSSR count). The maximum Gasteiger partial charge on any atom is 0.519 e. The van der Waals surface area contributed by atoms with Crippen LogP contribution in [0.25, 0.3) is 0 Å². The first-order chi connectivity index (χ1) is 22.5. The normalized spacial score (nSPS) is 12.8. The smallest absolute Gasteiger partial charge is 0.394 e. The largest absolute Gasteiger partial charge is 0.519 e. The lowest BCUT2D eigenvalue weighted by atomic mass is 9.74. The van der Waals surface area contributed by atoms with Crippen LogP contribution < -0.4 is 9.47 Å². The summed E-state index contributed by atoms with van der Waals surface area (Å²) in [6.45, 7) is 27.6. The van der Waals surface area contributed by atoms with Crippen LogP contribution in [0.15, 0.2) is 36.4 Å². The van der Waals surface area contributed by atoms with Crippen LogP contribution in [0.5, 0.6) is 11.5 Å². The highest BCUT2D eigenvalue weighted by molar-refractivity contribution is 5.69. The molecule has 0 atom stereocenters. The van der Waals surface area contributed by atoms with Crippen LogP contribution >= 0.6 is 0 Å². The number of benzene rings is 2. The molecule has 0 aliphatic heterocycles. The van der Waals surface area contributed by atoms with E-state index in [1.165, 1.54) is 75.3 Å². The monoisotopic (exact) mass is 663 g/mol. The quantitative estimate of drug-likeness (QED) is 0.0715. The van der Waals surface area contributed by atoms with Gasteiger partial charge < -0.3 is 9.47 Å². The Labute approximate surface area is 297 Å². The standard InChI is InChI=1S/C45H74O3/c1-13-17-21-29-42(5,6)35-25-27-39(37(33-35)44(9,10)31-23-19-15-3)47-41(46)48-40-28-26-36(43(7,8)30-22-18-14-2)34-38(40)45(11,12)32-24-20-16-4/h25-28,33-34H,13-24,29-32H2,1-12H3. The average Bonchev–Trinajstić information content (AvgIpc) is 3.01. The SMILES string of the molecule is CCCCCC(C)(C)c1ccc(OC(=O)Oc2ccc(C(C)(C)CCCCC)cc2C(C)(C)CCCCC)c(C(C)(C)CCCCC)c1. The van der Waals surface area contributed by atoms with Crippen molar-refractivity contribution in [3.8, 4) is 11.5 Å². The summed E-state index contributed by atoms with van der Waals surface area (Å²) in [6.07, 6.45) is 18.1. The molecule has 3 nitrogen and oxygen atoms in total. The van der Waals surface area contributed by atoms with E-state index >= 15 is 0 Å². The summed E-state index contributed by atoms with van der Waals surface area (Å²) in [5, 5.41) is 0. The summed E-state index contributed by atoms with van der Waals surface area (Å²) in [7, 11) is 0. The van der Waals surface area contributed by atoms with Crippen LogP contribution in [0, 0.1) is 0 Å². The number of ether oxygens (including phenoxy) is 2. The van der Waals surface area contributed by atoms with E-state index in [0.717, 1.165) is 49.7 Å². The van der Waals surface area contributed by atoms with Crippen molar-refractivity contribution in [3.05, 3.63) is 58.7 Å². The first kappa shape index (κ1) is 41.9. The van der Waals surface area contributed by atoms with Crippen molar-refractivity contribution in [1.82, 2.24) is 0 Å². The lowest BCUT2D eigenvalue weighted by Gasteiger charge is -2.32. The fraction of sp³-hybridized carbons (Fsp3) is 0.711. The Bertz CT molecular complexity index is 1150. The van der Waals surface area contributed by atoms with Crippen molar-refractivity contribution in [2.24, 2.45) is 0 Å². The van der Waals surface area contributed by atoms with Gasteiger partial charge in [-0.1, -0.05) is 184 Å². The van der Waals surface area contributed by atoms with Gasteiger partial charge in [0.15, 0.2) is 0 Å². The lowest BCUT2D eigenvalue weighted by Crippen LogP contribution is -2.25. The molecule has 0 fully saturated rings. The Morgan fingerprint density at radius 3 is 1.04 bits per heavy atom. The molecule has 0 aliphatic rings. The molecule has 0 saturated carbocycles. The number of unbranched alkanes of at least 4 members (excludes halogenated alkanes) is 8. The Kier molecular flexibility index (Phi) is 16.7. The topological polar surface area (TPSA) is 35.5 Å². The van der Waals surface area contributed by atoms with Crippen molar-refractivity contribution in [1.29, 1.82) is 0 Å². The zero-order valence-corrected chi connectivity index (χ0v) is 33.5. The van der Waals surface area contributed by atoms with Gasteiger partial charge in [0.1, 0.15) is 11.5 Å². The highest BCUT2D eigenvalue weighted by atomic mass is 16.7. The Balaban J connectivity index is 2.49. The Morgan fingerprint density at radius 2 is 0.750 bits per heavy atom. The molecule has 3 heteroatoms. The highest BCUT2D eigenvalue weighted by Gasteiger charge is 2.32. The van der Waals surface area contributed by atoms with Crippen molar-refractivity contribution in [3.63, 3.8) is 0 Å². The fourth-order valence-corrected chi connectivity index (χ4v) is 7.16. The zero-order valence-electron chi connectivity index (χ0n) is 33.5. The van der Waals surface area contributed by atoms with Gasteiger partial charge in [-0.3, -0.25) is 0 Å². The van der Waals surface area contributed by atoms with Crippen LogP contribution in [0.2, 0.25) is 0 Å². The van der Waals surface area contributed by atoms with E-state index in [1.54, 1.807) is 0 Å². The number of carbonyl (C=O) groups is 1. The Morgan fingerprint density at radius 1 is 0.458 bits per heavy atom. The molecule has 2 aromatic rings. The van der Waals surface area contributed by atoms with Gasteiger partial charge in [0.2, 0.25) is 0 Å². The minimum atomic E-state index is -0.656. The molecule has 0 N–H and O–H groups in total. The van der Waals surface area contributed by atoms with E-state index in [1.807, 2.05) is 12.1 Å². The summed E-state index contributed by atoms with van der Waals surface area (Å²) >= 11 is 0. The number of rotatable bonds is 22. The lowest BCUT2D eigenvalue weighted by molar-refractivity contribution is 0.149. The highest BCUT2D eigenvalue weighted by Crippen LogP contribution is 2.42. The molecule has 0 radical (unpaired) electrons. The molecular formula is C45H74O3. The van der Waals surface area contributed by atoms with Crippen molar-refractivity contribution >= 4 is 6.16 Å². The van der Waals surface area contributed by atoms with Gasteiger partial charge >= 0.3 is 6.16 Å². The molecule has 0 aromatic heterocycles. The van der Waals surface area contributed by atoms with E-state index in [2.05, 4.69) is 107 Å². The second-order valence-corrected chi connectivity index (χ2v) is 17.2. The summed E-state index contributed by atoms with van der Waals surface area (Å²) in [5.41, 5.74) is 4.63. The third kappa shape index (κ3) is 12.5. The van der Waals surface area contributed by atoms with E-state index in [0.29, 0.717) is 11.5 Å². The van der Waals surface area contributed by atoms with E-state index < -0.39 is 6.16 Å².